The number of nitrogens with zero attached hydrogens (tertiary/aromatic N) is 6. The summed E-state index contributed by atoms with van der Waals surface area (Å²) in [7, 11) is 0. The van der Waals surface area contributed by atoms with Crippen LogP contribution in [0.2, 0.25) is 0 Å². The van der Waals surface area contributed by atoms with E-state index in [1.165, 1.54) is 5.56 Å². The van der Waals surface area contributed by atoms with Crippen LogP contribution in [0.25, 0.3) is 56.0 Å². The molecule has 0 aliphatic heterocycles. The van der Waals surface area contributed by atoms with Gasteiger partial charge in [-0.1, -0.05) is 30.3 Å². The third-order valence-electron chi connectivity index (χ3n) is 6.62. The molecule has 6 aromatic heterocycles. The summed E-state index contributed by atoms with van der Waals surface area (Å²) in [5.41, 5.74) is 9.09. The van der Waals surface area contributed by atoms with Crippen molar-refractivity contribution >= 4 is 22.1 Å². The van der Waals surface area contributed by atoms with Crippen LogP contribution < -0.4 is 5.32 Å². The summed E-state index contributed by atoms with van der Waals surface area (Å²) in [5, 5.41) is 12.0. The molecule has 188 valence electrons. The molecule has 7 rings (SSSR count). The molecule has 1 aromatic carbocycles. The van der Waals surface area contributed by atoms with Crippen molar-refractivity contribution in [3.05, 3.63) is 109 Å². The Morgan fingerprint density at radius 2 is 1.54 bits per heavy atom. The number of aromatic nitrogens is 8. The third-order valence-corrected chi connectivity index (χ3v) is 6.62. The highest BCUT2D eigenvalue weighted by Crippen LogP contribution is 2.31. The molecule has 9 heteroatoms. The lowest BCUT2D eigenvalue weighted by Crippen LogP contribution is -2.12. The van der Waals surface area contributed by atoms with E-state index in [4.69, 9.17) is 4.98 Å². The molecule has 0 fully saturated rings. The Morgan fingerprint density at radius 3 is 2.44 bits per heavy atom. The maximum Gasteiger partial charge on any atom is 0.159 e. The number of hydrogen-bond acceptors (Lipinski definition) is 7. The van der Waals surface area contributed by atoms with Gasteiger partial charge >= 0.3 is 0 Å². The summed E-state index contributed by atoms with van der Waals surface area (Å²) >= 11 is 0. The fourth-order valence-electron chi connectivity index (χ4n) is 4.70. The van der Waals surface area contributed by atoms with Gasteiger partial charge in [0.05, 0.1) is 16.6 Å². The summed E-state index contributed by atoms with van der Waals surface area (Å²) in [6.45, 7) is 1.52. The number of pyridine rings is 4. The van der Waals surface area contributed by atoms with Crippen LogP contribution in [-0.4, -0.2) is 40.1 Å². The van der Waals surface area contributed by atoms with Gasteiger partial charge in [0, 0.05) is 67.0 Å². The molecule has 0 aliphatic rings. The van der Waals surface area contributed by atoms with E-state index in [2.05, 4.69) is 76.8 Å². The molecule has 39 heavy (non-hydrogen) atoms. The fourth-order valence-corrected chi connectivity index (χ4v) is 4.70. The van der Waals surface area contributed by atoms with Crippen LogP contribution in [0.3, 0.4) is 0 Å². The number of imidazole rings is 1. The smallest absolute Gasteiger partial charge is 0.159 e. The Morgan fingerprint density at radius 1 is 0.692 bits per heavy atom. The van der Waals surface area contributed by atoms with Crippen LogP contribution >= 0.6 is 0 Å². The van der Waals surface area contributed by atoms with E-state index in [-0.39, 0.29) is 0 Å². The van der Waals surface area contributed by atoms with E-state index < -0.39 is 0 Å². The highest BCUT2D eigenvalue weighted by Gasteiger charge is 2.17. The minimum Gasteiger partial charge on any atom is -0.336 e. The standard InChI is InChI=1S/C30H23N9/c1-2-4-19(5-3-1)14-32-15-20-12-22(17-33-16-20)23-13-24-27(38-39-29(24)35-18-23)30-36-25-8-11-34-26(28(25)37-30)21-6-9-31-10-7-21/h1-13,16-18,32H,14-15H2,(H,36,37)(H,35,38,39). The lowest BCUT2D eigenvalue weighted by molar-refractivity contribution is 0.691. The summed E-state index contributed by atoms with van der Waals surface area (Å²) in [6.07, 6.45) is 10.9. The molecule has 0 saturated carbocycles. The number of nitrogens with one attached hydrogen (secondary N) is 3. The molecule has 0 unspecified atom stereocenters. The Balaban J connectivity index is 1.20. The van der Waals surface area contributed by atoms with Crippen molar-refractivity contribution in [2.24, 2.45) is 0 Å². The SMILES string of the molecule is c1ccc(CNCc2cncc(-c3cnc4[nH]nc(-c5nc6c(-c7ccncc7)nccc6[nH]5)c4c3)c2)cc1. The third kappa shape index (κ3) is 4.51. The number of hydrogen-bond donors (Lipinski definition) is 3. The average Bonchev–Trinajstić information content (AvgIpc) is 3.62. The first kappa shape index (κ1) is 22.9. The molecule has 3 N–H and O–H groups in total. The highest BCUT2D eigenvalue weighted by atomic mass is 15.2. The molecule has 0 radical (unpaired) electrons. The zero-order chi connectivity index (χ0) is 26.0. The Labute approximate surface area is 223 Å². The van der Waals surface area contributed by atoms with Crippen LogP contribution in [-0.2, 0) is 13.1 Å². The second-order valence-electron chi connectivity index (χ2n) is 9.24. The van der Waals surface area contributed by atoms with Crippen molar-refractivity contribution in [3.63, 3.8) is 0 Å². The molecule has 9 nitrogen and oxygen atoms in total. The monoisotopic (exact) mass is 509 g/mol. The normalized spacial score (nSPS) is 11.4. The lowest BCUT2D eigenvalue weighted by Gasteiger charge is -2.07. The van der Waals surface area contributed by atoms with E-state index in [1.807, 2.05) is 42.9 Å². The minimum atomic E-state index is 0.649. The quantitative estimate of drug-likeness (QED) is 0.266. The van der Waals surface area contributed by atoms with E-state index >= 15 is 0 Å². The second-order valence-corrected chi connectivity index (χ2v) is 9.24. The van der Waals surface area contributed by atoms with Crippen molar-refractivity contribution in [3.8, 4) is 33.9 Å². The molecule has 0 amide bonds. The van der Waals surface area contributed by atoms with E-state index in [0.717, 1.165) is 57.5 Å². The number of aromatic amines is 2. The van der Waals surface area contributed by atoms with Gasteiger partial charge in [-0.25, -0.2) is 9.97 Å². The van der Waals surface area contributed by atoms with Crippen molar-refractivity contribution in [2.45, 2.75) is 13.1 Å². The van der Waals surface area contributed by atoms with Crippen molar-refractivity contribution < 1.29 is 0 Å². The molecule has 0 bridgehead atoms. The molecule has 0 aliphatic carbocycles. The van der Waals surface area contributed by atoms with Gasteiger partial charge < -0.3 is 10.3 Å². The van der Waals surface area contributed by atoms with Gasteiger partial charge in [0.15, 0.2) is 11.5 Å². The predicted octanol–water partition coefficient (Wildman–Crippen LogP) is 5.31. The number of fused-ring (bicyclic) bond motifs is 2. The molecular formula is C30H23N9. The maximum absolute atomic E-state index is 4.89. The fraction of sp³-hybridized carbons (Fsp3) is 0.0667. The van der Waals surface area contributed by atoms with Gasteiger partial charge in [0.25, 0.3) is 0 Å². The largest absolute Gasteiger partial charge is 0.336 e. The van der Waals surface area contributed by atoms with Crippen molar-refractivity contribution in [2.75, 3.05) is 0 Å². The first-order chi connectivity index (χ1) is 19.3. The highest BCUT2D eigenvalue weighted by molar-refractivity contribution is 5.96. The number of H-pyrrole nitrogens is 2. The second kappa shape index (κ2) is 9.88. The Hall–Kier alpha value is -5.28. The predicted molar refractivity (Wildman–Crippen MR) is 150 cm³/mol. The molecule has 6 heterocycles. The van der Waals surface area contributed by atoms with Gasteiger partial charge in [0.1, 0.15) is 11.2 Å². The zero-order valence-corrected chi connectivity index (χ0v) is 20.8. The molecule has 0 saturated heterocycles. The molecule has 0 atom stereocenters. The van der Waals surface area contributed by atoms with Crippen LogP contribution in [0.15, 0.2) is 97.8 Å². The summed E-state index contributed by atoms with van der Waals surface area (Å²) < 4.78 is 0. The van der Waals surface area contributed by atoms with E-state index in [9.17, 15) is 0 Å². The molecular weight excluding hydrogens is 486 g/mol. The number of rotatable bonds is 7. The summed E-state index contributed by atoms with van der Waals surface area (Å²) in [6, 6.07) is 20.3. The van der Waals surface area contributed by atoms with Gasteiger partial charge in [-0.3, -0.25) is 20.1 Å². The minimum absolute atomic E-state index is 0.649. The van der Waals surface area contributed by atoms with E-state index in [1.54, 1.807) is 18.6 Å². The summed E-state index contributed by atoms with van der Waals surface area (Å²) in [5.74, 6) is 0.649. The Bertz CT molecular complexity index is 1890. The zero-order valence-electron chi connectivity index (χ0n) is 20.8. The number of benzene rings is 1. The van der Waals surface area contributed by atoms with E-state index in [0.29, 0.717) is 17.2 Å². The molecule has 7 aromatic rings. The van der Waals surface area contributed by atoms with Gasteiger partial charge in [-0.15, -0.1) is 0 Å². The first-order valence-corrected chi connectivity index (χ1v) is 12.6. The van der Waals surface area contributed by atoms with Gasteiger partial charge in [0.2, 0.25) is 0 Å². The Kier molecular flexibility index (Phi) is 5.80. The topological polar surface area (TPSA) is 121 Å². The maximum atomic E-state index is 4.89. The van der Waals surface area contributed by atoms with Gasteiger partial charge in [-0.2, -0.15) is 5.10 Å². The summed E-state index contributed by atoms with van der Waals surface area (Å²) in [4.78, 5) is 26.1. The van der Waals surface area contributed by atoms with Crippen molar-refractivity contribution in [1.29, 1.82) is 0 Å². The van der Waals surface area contributed by atoms with Crippen LogP contribution in [0.1, 0.15) is 11.1 Å². The van der Waals surface area contributed by atoms with Crippen LogP contribution in [0.4, 0.5) is 0 Å². The van der Waals surface area contributed by atoms with Gasteiger partial charge in [-0.05, 0) is 41.5 Å². The molecule has 0 spiro atoms. The van der Waals surface area contributed by atoms with Crippen LogP contribution in [0.5, 0.6) is 0 Å². The van der Waals surface area contributed by atoms with Crippen LogP contribution in [0, 0.1) is 0 Å². The van der Waals surface area contributed by atoms with Crippen molar-refractivity contribution in [1.82, 2.24) is 45.4 Å². The lowest BCUT2D eigenvalue weighted by atomic mass is 10.1. The first-order valence-electron chi connectivity index (χ1n) is 12.6. The average molecular weight is 510 g/mol.